The monoisotopic (exact) mass is 316 g/mol. The summed E-state index contributed by atoms with van der Waals surface area (Å²) in [5, 5.41) is 3.19. The molecule has 1 aromatic rings. The first-order chi connectivity index (χ1) is 11.1. The number of carbonyl (C=O) groups excluding carboxylic acids is 1. The first-order valence-electron chi connectivity index (χ1n) is 8.75. The molecule has 1 heterocycles. The minimum absolute atomic E-state index is 0.201. The SMILES string of the molecule is COc1ccc(C2(C(=O)NCCC3CCCN(C)C3)CC2)cc1. The average Bonchev–Trinajstić information content (AvgIpc) is 3.37. The number of methoxy groups -OCH3 is 1. The van der Waals surface area contributed by atoms with Crippen LogP contribution in [0.25, 0.3) is 0 Å². The molecule has 2 fully saturated rings. The van der Waals surface area contributed by atoms with Crippen molar-refractivity contribution in [3.8, 4) is 5.75 Å². The molecule has 126 valence electrons. The smallest absolute Gasteiger partial charge is 0.230 e. The second-order valence-corrected chi connectivity index (χ2v) is 7.13. The van der Waals surface area contributed by atoms with Gasteiger partial charge in [-0.15, -0.1) is 0 Å². The standard InChI is InChI=1S/C19H28N2O2/c1-21-13-3-4-15(14-21)9-12-20-18(22)19(10-11-19)16-5-7-17(23-2)8-6-16/h5-8,15H,3-4,9-14H2,1-2H3,(H,20,22). The van der Waals surface area contributed by atoms with Crippen LogP contribution in [0, 0.1) is 5.92 Å². The number of likely N-dealkylation sites (tertiary alicyclic amines) is 1. The maximum Gasteiger partial charge on any atom is 0.230 e. The van der Waals surface area contributed by atoms with E-state index in [1.54, 1.807) is 7.11 Å². The van der Waals surface area contributed by atoms with Crippen LogP contribution in [-0.4, -0.2) is 44.6 Å². The average molecular weight is 316 g/mol. The fraction of sp³-hybridized carbons (Fsp3) is 0.632. The topological polar surface area (TPSA) is 41.6 Å². The van der Waals surface area contributed by atoms with Crippen LogP contribution in [0.3, 0.4) is 0 Å². The minimum atomic E-state index is -0.282. The number of nitrogens with zero attached hydrogens (tertiary/aromatic N) is 1. The molecule has 0 spiro atoms. The first kappa shape index (κ1) is 16.3. The molecule has 0 aromatic heterocycles. The Bertz CT molecular complexity index is 537. The number of hydrogen-bond donors (Lipinski definition) is 1. The van der Waals surface area contributed by atoms with Crippen molar-refractivity contribution in [3.05, 3.63) is 29.8 Å². The summed E-state index contributed by atoms with van der Waals surface area (Å²) in [6.45, 7) is 3.18. The summed E-state index contributed by atoms with van der Waals surface area (Å²) in [5.41, 5.74) is 0.837. The largest absolute Gasteiger partial charge is 0.497 e. The highest BCUT2D eigenvalue weighted by atomic mass is 16.5. The molecule has 1 saturated carbocycles. The van der Waals surface area contributed by atoms with Crippen LogP contribution in [0.1, 0.15) is 37.7 Å². The van der Waals surface area contributed by atoms with E-state index in [2.05, 4.69) is 17.3 Å². The van der Waals surface area contributed by atoms with Crippen LogP contribution in [-0.2, 0) is 10.2 Å². The maximum atomic E-state index is 12.6. The number of ether oxygens (including phenoxy) is 1. The van der Waals surface area contributed by atoms with Crippen molar-refractivity contribution >= 4 is 5.91 Å². The zero-order valence-corrected chi connectivity index (χ0v) is 14.3. The lowest BCUT2D eigenvalue weighted by Crippen LogP contribution is -2.38. The van der Waals surface area contributed by atoms with Crippen molar-refractivity contribution in [2.45, 2.75) is 37.5 Å². The summed E-state index contributed by atoms with van der Waals surface area (Å²) < 4.78 is 5.20. The molecule has 4 nitrogen and oxygen atoms in total. The molecule has 1 N–H and O–H groups in total. The fourth-order valence-corrected chi connectivity index (χ4v) is 3.75. The van der Waals surface area contributed by atoms with Gasteiger partial charge in [0.1, 0.15) is 5.75 Å². The Labute approximate surface area is 139 Å². The van der Waals surface area contributed by atoms with Crippen LogP contribution in [0.15, 0.2) is 24.3 Å². The van der Waals surface area contributed by atoms with Crippen LogP contribution in [0.2, 0.25) is 0 Å². The maximum absolute atomic E-state index is 12.6. The Hall–Kier alpha value is -1.55. The van der Waals surface area contributed by atoms with E-state index in [1.807, 2.05) is 24.3 Å². The Kier molecular flexibility index (Phi) is 4.90. The van der Waals surface area contributed by atoms with Gasteiger partial charge in [-0.1, -0.05) is 12.1 Å². The van der Waals surface area contributed by atoms with E-state index in [0.29, 0.717) is 0 Å². The van der Waals surface area contributed by atoms with Gasteiger partial charge >= 0.3 is 0 Å². The second-order valence-electron chi connectivity index (χ2n) is 7.13. The molecule has 23 heavy (non-hydrogen) atoms. The van der Waals surface area contributed by atoms with E-state index in [-0.39, 0.29) is 11.3 Å². The Morgan fingerprint density at radius 3 is 2.70 bits per heavy atom. The first-order valence-corrected chi connectivity index (χ1v) is 8.75. The van der Waals surface area contributed by atoms with Gasteiger partial charge in [-0.2, -0.15) is 0 Å². The van der Waals surface area contributed by atoms with Crippen molar-refractivity contribution in [1.29, 1.82) is 0 Å². The molecule has 0 bridgehead atoms. The molecule has 4 heteroatoms. The number of amides is 1. The molecule has 1 amide bonds. The Morgan fingerprint density at radius 1 is 1.35 bits per heavy atom. The molecular formula is C19H28N2O2. The number of rotatable bonds is 6. The molecule has 1 saturated heterocycles. The molecule has 1 aromatic carbocycles. The summed E-state index contributed by atoms with van der Waals surface area (Å²) in [6, 6.07) is 7.95. The highest BCUT2D eigenvalue weighted by molar-refractivity contribution is 5.91. The summed E-state index contributed by atoms with van der Waals surface area (Å²) in [4.78, 5) is 15.0. The van der Waals surface area contributed by atoms with Crippen molar-refractivity contribution in [2.24, 2.45) is 5.92 Å². The van der Waals surface area contributed by atoms with Gasteiger partial charge in [0, 0.05) is 13.1 Å². The Balaban J connectivity index is 1.51. The van der Waals surface area contributed by atoms with Crippen LogP contribution in [0.5, 0.6) is 5.75 Å². The minimum Gasteiger partial charge on any atom is -0.497 e. The predicted octanol–water partition coefficient (Wildman–Crippen LogP) is 2.57. The van der Waals surface area contributed by atoms with Gasteiger partial charge in [-0.25, -0.2) is 0 Å². The van der Waals surface area contributed by atoms with Crippen molar-refractivity contribution in [3.63, 3.8) is 0 Å². The van der Waals surface area contributed by atoms with E-state index >= 15 is 0 Å². The van der Waals surface area contributed by atoms with E-state index < -0.39 is 0 Å². The van der Waals surface area contributed by atoms with Crippen molar-refractivity contribution in [1.82, 2.24) is 10.2 Å². The van der Waals surface area contributed by atoms with E-state index in [9.17, 15) is 4.79 Å². The lowest BCUT2D eigenvalue weighted by molar-refractivity contribution is -0.123. The predicted molar refractivity (Wildman–Crippen MR) is 91.8 cm³/mol. The van der Waals surface area contributed by atoms with Crippen LogP contribution in [0.4, 0.5) is 0 Å². The number of benzene rings is 1. The zero-order chi connectivity index (χ0) is 16.3. The van der Waals surface area contributed by atoms with Crippen molar-refractivity contribution < 1.29 is 9.53 Å². The van der Waals surface area contributed by atoms with Gasteiger partial charge < -0.3 is 15.0 Å². The number of nitrogens with one attached hydrogen (secondary N) is 1. The normalized spacial score (nSPS) is 23.3. The third-order valence-electron chi connectivity index (χ3n) is 5.39. The third kappa shape index (κ3) is 3.69. The highest BCUT2D eigenvalue weighted by Crippen LogP contribution is 2.48. The summed E-state index contributed by atoms with van der Waals surface area (Å²) in [6.07, 6.45) is 5.58. The number of piperidine rings is 1. The van der Waals surface area contributed by atoms with E-state index in [4.69, 9.17) is 4.74 Å². The van der Waals surface area contributed by atoms with Gasteiger partial charge in [-0.05, 0) is 69.3 Å². The van der Waals surface area contributed by atoms with Gasteiger partial charge in [0.2, 0.25) is 5.91 Å². The third-order valence-corrected chi connectivity index (χ3v) is 5.39. The van der Waals surface area contributed by atoms with E-state index in [1.165, 1.54) is 25.9 Å². The van der Waals surface area contributed by atoms with E-state index in [0.717, 1.165) is 43.0 Å². The molecule has 1 aliphatic carbocycles. The molecular weight excluding hydrogens is 288 g/mol. The number of hydrogen-bond acceptors (Lipinski definition) is 3. The molecule has 1 atom stereocenters. The quantitative estimate of drug-likeness (QED) is 0.877. The highest BCUT2D eigenvalue weighted by Gasteiger charge is 2.51. The summed E-state index contributed by atoms with van der Waals surface area (Å²) in [7, 11) is 3.85. The van der Waals surface area contributed by atoms with Crippen LogP contribution >= 0.6 is 0 Å². The summed E-state index contributed by atoms with van der Waals surface area (Å²) in [5.74, 6) is 1.77. The number of carbonyl (C=O) groups is 1. The van der Waals surface area contributed by atoms with Gasteiger partial charge in [0.15, 0.2) is 0 Å². The van der Waals surface area contributed by atoms with Crippen LogP contribution < -0.4 is 10.1 Å². The lowest BCUT2D eigenvalue weighted by Gasteiger charge is -2.29. The molecule has 2 aliphatic rings. The zero-order valence-electron chi connectivity index (χ0n) is 14.3. The molecule has 1 unspecified atom stereocenters. The van der Waals surface area contributed by atoms with Gasteiger partial charge in [0.25, 0.3) is 0 Å². The van der Waals surface area contributed by atoms with Gasteiger partial charge in [0.05, 0.1) is 12.5 Å². The molecule has 0 radical (unpaired) electrons. The second kappa shape index (κ2) is 6.91. The molecule has 3 rings (SSSR count). The van der Waals surface area contributed by atoms with Crippen molar-refractivity contribution in [2.75, 3.05) is 33.8 Å². The summed E-state index contributed by atoms with van der Waals surface area (Å²) >= 11 is 0. The Morgan fingerprint density at radius 2 is 2.09 bits per heavy atom. The fourth-order valence-electron chi connectivity index (χ4n) is 3.75. The lowest BCUT2D eigenvalue weighted by atomic mass is 9.93. The van der Waals surface area contributed by atoms with Gasteiger partial charge in [-0.3, -0.25) is 4.79 Å². The molecule has 1 aliphatic heterocycles.